The first kappa shape index (κ1) is 26.4. The zero-order valence-electron chi connectivity index (χ0n) is 22.7. The van der Waals surface area contributed by atoms with Crippen LogP contribution in [0.15, 0.2) is 60.7 Å². The van der Waals surface area contributed by atoms with Crippen LogP contribution in [0.2, 0.25) is 0 Å². The molecule has 1 aliphatic rings. The highest BCUT2D eigenvalue weighted by molar-refractivity contribution is 5.99. The first-order valence-electron chi connectivity index (χ1n) is 13.8. The van der Waals surface area contributed by atoms with Crippen LogP contribution in [-0.2, 0) is 37.5 Å². The second kappa shape index (κ2) is 10.7. The van der Waals surface area contributed by atoms with E-state index in [1.54, 1.807) is 13.1 Å². The van der Waals surface area contributed by atoms with Gasteiger partial charge >= 0.3 is 6.18 Å². The number of alkyl halides is 3. The van der Waals surface area contributed by atoms with Gasteiger partial charge in [-0.05, 0) is 49.6 Å². The summed E-state index contributed by atoms with van der Waals surface area (Å²) in [6.45, 7) is 3.91. The Balaban J connectivity index is 1.38. The average molecular weight is 548 g/mol. The maximum absolute atomic E-state index is 14.2. The van der Waals surface area contributed by atoms with Gasteiger partial charge in [-0.2, -0.15) is 18.3 Å². The molecule has 8 heteroatoms. The van der Waals surface area contributed by atoms with Crippen LogP contribution < -0.4 is 4.74 Å². The number of fused-ring (bicyclic) bond motifs is 3. The summed E-state index contributed by atoms with van der Waals surface area (Å²) in [5.74, 6) is 0.861. The quantitative estimate of drug-likeness (QED) is 0.211. The summed E-state index contributed by atoms with van der Waals surface area (Å²) in [5.41, 5.74) is 3.34. The van der Waals surface area contributed by atoms with Crippen LogP contribution in [0.5, 0.6) is 5.75 Å². The lowest BCUT2D eigenvalue weighted by molar-refractivity contribution is -0.140. The van der Waals surface area contributed by atoms with Crippen LogP contribution in [0.1, 0.15) is 41.9 Å². The molecule has 3 aromatic carbocycles. The van der Waals surface area contributed by atoms with E-state index in [1.165, 1.54) is 4.68 Å². The molecule has 0 amide bonds. The van der Waals surface area contributed by atoms with E-state index < -0.39 is 11.9 Å². The van der Waals surface area contributed by atoms with Gasteiger partial charge in [0.1, 0.15) is 5.75 Å². The maximum atomic E-state index is 14.2. The molecule has 0 saturated carbocycles. The Morgan fingerprint density at radius 1 is 0.975 bits per heavy atom. The minimum atomic E-state index is -4.58. The summed E-state index contributed by atoms with van der Waals surface area (Å²) < 4.78 is 58.2. The highest BCUT2D eigenvalue weighted by atomic mass is 19.4. The molecule has 6 rings (SSSR count). The molecule has 0 unspecified atom stereocenters. The average Bonchev–Trinajstić information content (AvgIpc) is 3.40. The topological polar surface area (TPSA) is 41.2 Å². The Morgan fingerprint density at radius 2 is 1.75 bits per heavy atom. The summed E-state index contributed by atoms with van der Waals surface area (Å²) in [4.78, 5) is 0. The van der Waals surface area contributed by atoms with E-state index in [9.17, 15) is 13.2 Å². The van der Waals surface area contributed by atoms with Crippen molar-refractivity contribution in [1.82, 2.24) is 14.3 Å². The molecule has 0 aliphatic carbocycles. The van der Waals surface area contributed by atoms with Gasteiger partial charge in [-0.25, -0.2) is 0 Å². The molecule has 5 aromatic rings. The van der Waals surface area contributed by atoms with E-state index >= 15 is 0 Å². The van der Waals surface area contributed by atoms with Crippen LogP contribution in [0.25, 0.3) is 32.8 Å². The Bertz CT molecular complexity index is 1680. The van der Waals surface area contributed by atoms with Crippen molar-refractivity contribution in [1.29, 1.82) is 0 Å². The fourth-order valence-electron chi connectivity index (χ4n) is 6.00. The number of aromatic nitrogens is 3. The fraction of sp³-hybridized carbons (Fsp3) is 0.344. The maximum Gasteiger partial charge on any atom is 0.435 e. The summed E-state index contributed by atoms with van der Waals surface area (Å²) in [6, 6.07) is 19.9. The first-order chi connectivity index (χ1) is 19.3. The van der Waals surface area contributed by atoms with Crippen molar-refractivity contribution in [2.45, 2.75) is 51.9 Å². The van der Waals surface area contributed by atoms with Crippen molar-refractivity contribution in [3.63, 3.8) is 0 Å². The number of aryl methyl sites for hydroxylation is 3. The van der Waals surface area contributed by atoms with Gasteiger partial charge in [0.05, 0.1) is 24.4 Å². The van der Waals surface area contributed by atoms with E-state index in [0.29, 0.717) is 31.0 Å². The third kappa shape index (κ3) is 4.74. The molecule has 2 aromatic heterocycles. The lowest BCUT2D eigenvalue weighted by atomic mass is 9.98. The second-order valence-corrected chi connectivity index (χ2v) is 10.4. The molecule has 0 N–H and O–H groups in total. The SMILES string of the molecule is Cc1c(CCCOc2cccc3ccccc23)c2cccc3c2n1CCCCOCc1c-3c(C(F)(F)F)nn1C. The van der Waals surface area contributed by atoms with Gasteiger partial charge in [0, 0.05) is 47.8 Å². The van der Waals surface area contributed by atoms with E-state index in [2.05, 4.69) is 34.8 Å². The molecule has 1 aliphatic heterocycles. The number of hydrogen-bond donors (Lipinski definition) is 0. The number of rotatable bonds is 5. The molecular weight excluding hydrogens is 515 g/mol. The van der Waals surface area contributed by atoms with Crippen molar-refractivity contribution >= 4 is 21.7 Å². The van der Waals surface area contributed by atoms with Crippen molar-refractivity contribution in [3.05, 3.63) is 83.3 Å². The van der Waals surface area contributed by atoms with E-state index in [0.717, 1.165) is 64.4 Å². The van der Waals surface area contributed by atoms with Crippen LogP contribution >= 0.6 is 0 Å². The molecule has 3 heterocycles. The minimum absolute atomic E-state index is 0.0867. The first-order valence-corrected chi connectivity index (χ1v) is 13.8. The molecule has 0 fully saturated rings. The molecule has 0 radical (unpaired) electrons. The molecule has 0 saturated heterocycles. The van der Waals surface area contributed by atoms with Crippen LogP contribution in [-0.4, -0.2) is 27.6 Å². The Labute approximate surface area is 231 Å². The van der Waals surface area contributed by atoms with E-state index in [-0.39, 0.29) is 12.2 Å². The van der Waals surface area contributed by atoms with Gasteiger partial charge in [0.25, 0.3) is 0 Å². The highest BCUT2D eigenvalue weighted by Crippen LogP contribution is 2.43. The van der Waals surface area contributed by atoms with Gasteiger partial charge in [-0.3, -0.25) is 4.68 Å². The zero-order valence-corrected chi connectivity index (χ0v) is 22.7. The van der Waals surface area contributed by atoms with Crippen LogP contribution in [0, 0.1) is 6.92 Å². The van der Waals surface area contributed by atoms with Gasteiger partial charge < -0.3 is 14.0 Å². The lowest BCUT2D eigenvalue weighted by Crippen LogP contribution is -2.09. The number of hydrogen-bond acceptors (Lipinski definition) is 3. The summed E-state index contributed by atoms with van der Waals surface area (Å²) in [6.07, 6.45) is -1.33. The molecule has 5 nitrogen and oxygen atoms in total. The normalized spacial score (nSPS) is 14.3. The smallest absolute Gasteiger partial charge is 0.435 e. The van der Waals surface area contributed by atoms with Gasteiger partial charge in [0.15, 0.2) is 5.69 Å². The monoisotopic (exact) mass is 547 g/mol. The third-order valence-electron chi connectivity index (χ3n) is 7.91. The fourth-order valence-corrected chi connectivity index (χ4v) is 6.00. The summed E-state index contributed by atoms with van der Waals surface area (Å²) in [7, 11) is 1.56. The number of halogens is 3. The molecule has 40 heavy (non-hydrogen) atoms. The largest absolute Gasteiger partial charge is 0.493 e. The van der Waals surface area contributed by atoms with Crippen molar-refractivity contribution < 1.29 is 22.6 Å². The Hall–Kier alpha value is -3.78. The Kier molecular flexibility index (Phi) is 7.04. The number of nitrogens with zero attached hydrogens (tertiary/aromatic N) is 3. The van der Waals surface area contributed by atoms with Crippen LogP contribution in [0.3, 0.4) is 0 Å². The highest BCUT2D eigenvalue weighted by Gasteiger charge is 2.40. The summed E-state index contributed by atoms with van der Waals surface area (Å²) in [5, 5.41) is 7.13. The minimum Gasteiger partial charge on any atom is -0.493 e. The predicted molar refractivity (Wildman–Crippen MR) is 151 cm³/mol. The van der Waals surface area contributed by atoms with Crippen molar-refractivity contribution in [2.75, 3.05) is 13.2 Å². The summed E-state index contributed by atoms with van der Waals surface area (Å²) >= 11 is 0. The van der Waals surface area contributed by atoms with Crippen LogP contribution in [0.4, 0.5) is 13.2 Å². The molecule has 208 valence electrons. The van der Waals surface area contributed by atoms with Gasteiger partial charge in [0.2, 0.25) is 0 Å². The standard InChI is InChI=1S/C32H32F3N3O2/c1-21-23(15-9-19-40-28-16-7-11-22-10-3-4-12-24(22)28)25-13-8-14-26-29-27(37(2)36-31(29)32(33,34)35)20-39-18-6-5-17-38(21)30(25)26/h3-4,7-8,10-14,16H,5-6,9,15,17-20H2,1-2H3. The zero-order chi connectivity index (χ0) is 27.9. The van der Waals surface area contributed by atoms with Crippen molar-refractivity contribution in [3.8, 4) is 16.9 Å². The molecular formula is C32H32F3N3O2. The number of benzene rings is 3. The van der Waals surface area contributed by atoms with Gasteiger partial charge in [-0.1, -0.05) is 54.6 Å². The molecule has 0 bridgehead atoms. The molecule has 0 atom stereocenters. The second-order valence-electron chi connectivity index (χ2n) is 10.4. The number of ether oxygens (including phenoxy) is 2. The number of para-hydroxylation sites is 1. The van der Waals surface area contributed by atoms with Gasteiger partial charge in [-0.15, -0.1) is 0 Å². The lowest BCUT2D eigenvalue weighted by Gasteiger charge is -2.13. The molecule has 0 spiro atoms. The third-order valence-corrected chi connectivity index (χ3v) is 7.91. The predicted octanol–water partition coefficient (Wildman–Crippen LogP) is 7.84. The van der Waals surface area contributed by atoms with E-state index in [1.807, 2.05) is 36.4 Å². The Morgan fingerprint density at radius 3 is 2.60 bits per heavy atom. The van der Waals surface area contributed by atoms with Crippen molar-refractivity contribution in [2.24, 2.45) is 7.05 Å². The van der Waals surface area contributed by atoms with E-state index in [4.69, 9.17) is 9.47 Å².